The fourth-order valence-corrected chi connectivity index (χ4v) is 1.83. The third kappa shape index (κ3) is 5.26. The molecule has 0 aliphatic carbocycles. The van der Waals surface area contributed by atoms with E-state index in [0.717, 1.165) is 18.9 Å². The molecule has 0 aliphatic heterocycles. The maximum atomic E-state index is 11.4. The zero-order valence-electron chi connectivity index (χ0n) is 9.47. The summed E-state index contributed by atoms with van der Waals surface area (Å²) in [4.78, 5) is 26.4. The first-order chi connectivity index (χ1) is 8.11. The number of hydrogen-bond acceptors (Lipinski definition) is 4. The minimum Gasteiger partial charge on any atom is -0.478 e. The summed E-state index contributed by atoms with van der Waals surface area (Å²) in [6.45, 7) is 2.02. The number of carboxylic acid groups (broad SMARTS) is 1. The Morgan fingerprint density at radius 3 is 3.00 bits per heavy atom. The molecule has 0 fully saturated rings. The number of rotatable bonds is 6. The van der Waals surface area contributed by atoms with Gasteiger partial charge in [-0.2, -0.15) is 0 Å². The van der Waals surface area contributed by atoms with Crippen molar-refractivity contribution >= 4 is 34.4 Å². The predicted molar refractivity (Wildman–Crippen MR) is 66.9 cm³/mol. The molecular weight excluding hydrogens is 240 g/mol. The van der Waals surface area contributed by atoms with Crippen LogP contribution in [0, 0.1) is 0 Å². The summed E-state index contributed by atoms with van der Waals surface area (Å²) < 4.78 is 0. The molecule has 1 amide bonds. The van der Waals surface area contributed by atoms with Crippen LogP contribution >= 0.6 is 11.3 Å². The van der Waals surface area contributed by atoms with Gasteiger partial charge in [0.25, 0.3) is 0 Å². The molecule has 1 rings (SSSR count). The maximum Gasteiger partial charge on any atom is 0.328 e. The lowest BCUT2D eigenvalue weighted by molar-refractivity contribution is -0.131. The lowest BCUT2D eigenvalue weighted by Crippen LogP contribution is -2.10. The van der Waals surface area contributed by atoms with E-state index < -0.39 is 5.97 Å². The number of aromatic nitrogens is 1. The number of hydrogen-bond donors (Lipinski definition) is 2. The van der Waals surface area contributed by atoms with Crippen LogP contribution in [-0.4, -0.2) is 22.0 Å². The molecule has 2 N–H and O–H groups in total. The van der Waals surface area contributed by atoms with E-state index in [1.807, 2.05) is 6.92 Å². The molecule has 6 heteroatoms. The van der Waals surface area contributed by atoms with Gasteiger partial charge in [0.05, 0.1) is 0 Å². The summed E-state index contributed by atoms with van der Waals surface area (Å²) in [5.74, 6) is -1.07. The second kappa shape index (κ2) is 6.80. The van der Waals surface area contributed by atoms with E-state index in [9.17, 15) is 9.59 Å². The van der Waals surface area contributed by atoms with Gasteiger partial charge in [0, 0.05) is 23.6 Å². The fourth-order valence-electron chi connectivity index (χ4n) is 1.09. The van der Waals surface area contributed by atoms with E-state index in [1.165, 1.54) is 23.6 Å². The zero-order valence-corrected chi connectivity index (χ0v) is 10.3. The van der Waals surface area contributed by atoms with Crippen LogP contribution in [0.2, 0.25) is 0 Å². The van der Waals surface area contributed by atoms with Crippen LogP contribution in [0.5, 0.6) is 0 Å². The van der Waals surface area contributed by atoms with E-state index in [-0.39, 0.29) is 5.91 Å². The lowest BCUT2D eigenvalue weighted by Gasteiger charge is -1.98. The van der Waals surface area contributed by atoms with Crippen molar-refractivity contribution in [2.75, 3.05) is 5.32 Å². The fraction of sp³-hybridized carbons (Fsp3) is 0.364. The van der Waals surface area contributed by atoms with E-state index in [4.69, 9.17) is 5.11 Å². The number of amides is 1. The molecule has 0 spiro atoms. The molecule has 0 unspecified atom stereocenters. The number of unbranched alkanes of at least 4 members (excludes halogenated alkanes) is 1. The summed E-state index contributed by atoms with van der Waals surface area (Å²) in [5, 5.41) is 11.6. The van der Waals surface area contributed by atoms with Gasteiger partial charge in [-0.1, -0.05) is 24.7 Å². The molecule has 1 aromatic heterocycles. The van der Waals surface area contributed by atoms with Crippen molar-refractivity contribution in [3.05, 3.63) is 17.2 Å². The van der Waals surface area contributed by atoms with Crippen LogP contribution in [0.15, 0.2) is 12.3 Å². The lowest BCUT2D eigenvalue weighted by atomic mass is 10.2. The van der Waals surface area contributed by atoms with E-state index in [1.54, 1.807) is 0 Å². The SMILES string of the molecule is CCCCC(=O)Nc1ncc(C=CC(=O)O)s1. The summed E-state index contributed by atoms with van der Waals surface area (Å²) in [7, 11) is 0. The molecule has 0 radical (unpaired) electrons. The van der Waals surface area contributed by atoms with Crippen LogP contribution < -0.4 is 5.32 Å². The highest BCUT2D eigenvalue weighted by Gasteiger charge is 2.04. The molecule has 92 valence electrons. The molecular formula is C11H14N2O3S. The maximum absolute atomic E-state index is 11.4. The first kappa shape index (κ1) is 13.4. The van der Waals surface area contributed by atoms with Gasteiger partial charge in [-0.25, -0.2) is 9.78 Å². The third-order valence-electron chi connectivity index (χ3n) is 1.92. The highest BCUT2D eigenvalue weighted by Crippen LogP contribution is 2.19. The van der Waals surface area contributed by atoms with E-state index >= 15 is 0 Å². The zero-order chi connectivity index (χ0) is 12.7. The minimum absolute atomic E-state index is 0.0602. The largest absolute Gasteiger partial charge is 0.478 e. The average molecular weight is 254 g/mol. The Bertz CT molecular complexity index is 426. The Labute approximate surface area is 103 Å². The topological polar surface area (TPSA) is 79.3 Å². The van der Waals surface area contributed by atoms with E-state index in [0.29, 0.717) is 16.4 Å². The Balaban J connectivity index is 2.51. The number of thiazole rings is 1. The Hall–Kier alpha value is -1.69. The summed E-state index contributed by atoms with van der Waals surface area (Å²) in [5.41, 5.74) is 0. The molecule has 17 heavy (non-hydrogen) atoms. The quantitative estimate of drug-likeness (QED) is 0.764. The first-order valence-corrected chi connectivity index (χ1v) is 6.10. The first-order valence-electron chi connectivity index (χ1n) is 5.28. The molecule has 0 bridgehead atoms. The number of carbonyl (C=O) groups excluding carboxylic acids is 1. The van der Waals surface area contributed by atoms with Gasteiger partial charge >= 0.3 is 5.97 Å². The second-order valence-electron chi connectivity index (χ2n) is 3.39. The van der Waals surface area contributed by atoms with Crippen LogP contribution in [0.3, 0.4) is 0 Å². The molecule has 0 aromatic carbocycles. The summed E-state index contributed by atoms with van der Waals surface area (Å²) >= 11 is 1.24. The standard InChI is InChI=1S/C11H14N2O3S/c1-2-3-4-9(14)13-11-12-7-8(17-11)5-6-10(15)16/h5-7H,2-4H2,1H3,(H,15,16)(H,12,13,14). The van der Waals surface area contributed by atoms with Crippen molar-refractivity contribution in [3.63, 3.8) is 0 Å². The van der Waals surface area contributed by atoms with Crippen molar-refractivity contribution in [1.29, 1.82) is 0 Å². The van der Waals surface area contributed by atoms with Gasteiger partial charge in [0.1, 0.15) is 0 Å². The van der Waals surface area contributed by atoms with Crippen molar-refractivity contribution in [2.45, 2.75) is 26.2 Å². The monoisotopic (exact) mass is 254 g/mol. The Kier molecular flexibility index (Phi) is 5.35. The van der Waals surface area contributed by atoms with Gasteiger partial charge in [-0.15, -0.1) is 0 Å². The van der Waals surface area contributed by atoms with Gasteiger partial charge in [-0.3, -0.25) is 4.79 Å². The Morgan fingerprint density at radius 1 is 1.59 bits per heavy atom. The number of carbonyl (C=O) groups is 2. The number of carboxylic acids is 1. The van der Waals surface area contributed by atoms with Crippen molar-refractivity contribution in [2.24, 2.45) is 0 Å². The smallest absolute Gasteiger partial charge is 0.328 e. The number of nitrogens with zero attached hydrogens (tertiary/aromatic N) is 1. The predicted octanol–water partition coefficient (Wildman–Crippen LogP) is 2.37. The minimum atomic E-state index is -1.01. The molecule has 1 aromatic rings. The second-order valence-corrected chi connectivity index (χ2v) is 4.45. The third-order valence-corrected chi connectivity index (χ3v) is 2.80. The van der Waals surface area contributed by atoms with Crippen molar-refractivity contribution < 1.29 is 14.7 Å². The highest BCUT2D eigenvalue weighted by molar-refractivity contribution is 7.16. The van der Waals surface area contributed by atoms with Crippen LogP contribution in [-0.2, 0) is 9.59 Å². The van der Waals surface area contributed by atoms with Gasteiger partial charge < -0.3 is 10.4 Å². The Morgan fingerprint density at radius 2 is 2.35 bits per heavy atom. The molecule has 1 heterocycles. The van der Waals surface area contributed by atoms with Crippen LogP contribution in [0.4, 0.5) is 5.13 Å². The summed E-state index contributed by atoms with van der Waals surface area (Å²) in [6, 6.07) is 0. The van der Waals surface area contributed by atoms with Crippen LogP contribution in [0.1, 0.15) is 31.1 Å². The number of anilines is 1. The van der Waals surface area contributed by atoms with Crippen molar-refractivity contribution in [1.82, 2.24) is 4.98 Å². The van der Waals surface area contributed by atoms with Gasteiger partial charge in [0.15, 0.2) is 5.13 Å². The number of aliphatic carboxylic acids is 1. The average Bonchev–Trinajstić information content (AvgIpc) is 2.71. The van der Waals surface area contributed by atoms with Gasteiger partial charge in [0.2, 0.25) is 5.91 Å². The molecule has 0 saturated carbocycles. The van der Waals surface area contributed by atoms with Crippen molar-refractivity contribution in [3.8, 4) is 0 Å². The van der Waals surface area contributed by atoms with Gasteiger partial charge in [-0.05, 0) is 12.5 Å². The normalized spacial score (nSPS) is 10.6. The highest BCUT2D eigenvalue weighted by atomic mass is 32.1. The van der Waals surface area contributed by atoms with Crippen LogP contribution in [0.25, 0.3) is 6.08 Å². The molecule has 0 aliphatic rings. The molecule has 5 nitrogen and oxygen atoms in total. The van der Waals surface area contributed by atoms with E-state index in [2.05, 4.69) is 10.3 Å². The number of nitrogens with one attached hydrogen (secondary N) is 1. The molecule has 0 atom stereocenters. The molecule has 0 saturated heterocycles. The summed E-state index contributed by atoms with van der Waals surface area (Å²) in [6.07, 6.45) is 6.31.